The fourth-order valence-corrected chi connectivity index (χ4v) is 5.16. The van der Waals surface area contributed by atoms with Crippen LogP contribution in [-0.4, -0.2) is 50.9 Å². The number of halogens is 1. The number of amides is 2. The van der Waals surface area contributed by atoms with E-state index in [1.807, 2.05) is 36.5 Å². The molecular weight excluding hydrogens is 577 g/mol. The molecule has 2 amide bonds. The van der Waals surface area contributed by atoms with Gasteiger partial charge in [-0.2, -0.15) is 10.2 Å². The van der Waals surface area contributed by atoms with Gasteiger partial charge in [0.25, 0.3) is 11.8 Å². The van der Waals surface area contributed by atoms with Crippen LogP contribution in [0.25, 0.3) is 34.1 Å². The van der Waals surface area contributed by atoms with Crippen LogP contribution in [-0.2, 0) is 24.7 Å². The van der Waals surface area contributed by atoms with Crippen molar-refractivity contribution in [2.75, 3.05) is 11.1 Å². The van der Waals surface area contributed by atoms with Crippen LogP contribution in [0.15, 0.2) is 85.7 Å². The van der Waals surface area contributed by atoms with Crippen LogP contribution in [0.3, 0.4) is 0 Å². The molecule has 5 heterocycles. The standard InChI is InChI=1S/C23H19N7.C8H9FN4O2/c24-21-18(6-2-11-25-21)22-27-19-9-10-20(29-13-3-12-26-29)28-23(19)30(22)17-8-7-15-4-1-5-16(15)14-17;1-4(9)8(15)11-5-3-13(2)12-6(5)7(10)14/h2-3,6-14H,1,4-5H2,(H2,24,25);3H,1H2,2H3,(H2,10,14)(H,11,15). The van der Waals surface area contributed by atoms with Gasteiger partial charge in [0.1, 0.15) is 11.3 Å². The van der Waals surface area contributed by atoms with E-state index in [2.05, 4.69) is 49.8 Å². The molecule has 0 aliphatic heterocycles. The number of fused-ring (bicyclic) bond motifs is 2. The van der Waals surface area contributed by atoms with Crippen molar-refractivity contribution in [3.63, 3.8) is 0 Å². The Morgan fingerprint density at radius 3 is 2.60 bits per heavy atom. The average Bonchev–Trinajstić information content (AvgIpc) is 3.83. The summed E-state index contributed by atoms with van der Waals surface area (Å²) < 4.78 is 17.5. The lowest BCUT2D eigenvalue weighted by Crippen LogP contribution is -2.17. The second-order valence-electron chi connectivity index (χ2n) is 10.3. The zero-order valence-electron chi connectivity index (χ0n) is 24.2. The van der Waals surface area contributed by atoms with Crippen molar-refractivity contribution in [3.8, 4) is 22.9 Å². The van der Waals surface area contributed by atoms with Gasteiger partial charge in [0, 0.05) is 37.5 Å². The quantitative estimate of drug-likeness (QED) is 0.241. The summed E-state index contributed by atoms with van der Waals surface area (Å²) in [5.74, 6) is -1.09. The Balaban J connectivity index is 0.000000202. The number of pyridine rings is 2. The summed E-state index contributed by atoms with van der Waals surface area (Å²) in [4.78, 5) is 35.8. The second-order valence-corrected chi connectivity index (χ2v) is 10.3. The van der Waals surface area contributed by atoms with Crippen LogP contribution in [0, 0.1) is 0 Å². The van der Waals surface area contributed by atoms with E-state index in [1.54, 1.807) is 17.1 Å². The summed E-state index contributed by atoms with van der Waals surface area (Å²) in [5.41, 5.74) is 17.3. The number of aromatic nitrogens is 8. The predicted octanol–water partition coefficient (Wildman–Crippen LogP) is 3.68. The summed E-state index contributed by atoms with van der Waals surface area (Å²) >= 11 is 0. The van der Waals surface area contributed by atoms with Gasteiger partial charge in [-0.3, -0.25) is 18.8 Å². The van der Waals surface area contributed by atoms with Crippen LogP contribution in [0.2, 0.25) is 0 Å². The largest absolute Gasteiger partial charge is 0.383 e. The number of hydrogen-bond donors (Lipinski definition) is 3. The van der Waals surface area contributed by atoms with E-state index < -0.39 is 17.6 Å². The maximum atomic E-state index is 12.4. The zero-order chi connectivity index (χ0) is 31.7. The van der Waals surface area contributed by atoms with Crippen molar-refractivity contribution in [2.45, 2.75) is 19.3 Å². The van der Waals surface area contributed by atoms with E-state index in [1.165, 1.54) is 35.5 Å². The fraction of sp³-hybridized carbons (Fsp3) is 0.129. The molecule has 1 aliphatic carbocycles. The molecule has 0 spiro atoms. The Hall–Kier alpha value is -6.18. The number of anilines is 2. The number of nitrogens with zero attached hydrogens (tertiary/aromatic N) is 8. The van der Waals surface area contributed by atoms with Crippen LogP contribution in [0.4, 0.5) is 15.9 Å². The SMILES string of the molecule is C=C(F)C(=O)Nc1cn(C)nc1C(N)=O.Nc1ncccc1-c1nc2ccc(-n3cccn3)nc2n1-c1ccc2c(c1)CCC2. The fourth-order valence-electron chi connectivity index (χ4n) is 5.16. The van der Waals surface area contributed by atoms with Crippen LogP contribution in [0.1, 0.15) is 28.0 Å². The van der Waals surface area contributed by atoms with Crippen molar-refractivity contribution in [1.82, 2.24) is 39.1 Å². The minimum atomic E-state index is -1.16. The van der Waals surface area contributed by atoms with Gasteiger partial charge in [-0.15, -0.1) is 0 Å². The normalized spacial score (nSPS) is 12.0. The van der Waals surface area contributed by atoms with E-state index in [0.29, 0.717) is 5.82 Å². The van der Waals surface area contributed by atoms with Crippen LogP contribution in [0.5, 0.6) is 0 Å². The first-order valence-corrected chi connectivity index (χ1v) is 13.9. The molecule has 13 nitrogen and oxygen atoms in total. The van der Waals surface area contributed by atoms with Gasteiger partial charge in [0.05, 0.1) is 11.3 Å². The highest BCUT2D eigenvalue weighted by Crippen LogP contribution is 2.32. The monoisotopic (exact) mass is 605 g/mol. The number of imidazole rings is 1. The Kier molecular flexibility index (Phi) is 7.61. The molecular formula is C31H28FN11O2. The topological polar surface area (TPSA) is 177 Å². The number of benzene rings is 1. The van der Waals surface area contributed by atoms with Crippen molar-refractivity contribution in [1.29, 1.82) is 0 Å². The van der Waals surface area contributed by atoms with Gasteiger partial charge in [0.15, 0.2) is 28.8 Å². The highest BCUT2D eigenvalue weighted by molar-refractivity contribution is 6.06. The second kappa shape index (κ2) is 11.8. The van der Waals surface area contributed by atoms with E-state index in [0.717, 1.165) is 46.9 Å². The minimum absolute atomic E-state index is 0.0498. The smallest absolute Gasteiger partial charge is 0.283 e. The van der Waals surface area contributed by atoms with E-state index in [9.17, 15) is 14.0 Å². The summed E-state index contributed by atoms with van der Waals surface area (Å²) in [7, 11) is 1.53. The lowest BCUT2D eigenvalue weighted by molar-refractivity contribution is -0.114. The van der Waals surface area contributed by atoms with Gasteiger partial charge >= 0.3 is 0 Å². The summed E-state index contributed by atoms with van der Waals surface area (Å²) in [6.45, 7) is 2.81. The Labute approximate surface area is 256 Å². The average molecular weight is 606 g/mol. The number of rotatable bonds is 6. The maximum absolute atomic E-state index is 12.4. The Morgan fingerprint density at radius 1 is 1.04 bits per heavy atom. The first-order valence-electron chi connectivity index (χ1n) is 13.9. The third-order valence-electron chi connectivity index (χ3n) is 7.21. The Morgan fingerprint density at radius 2 is 1.87 bits per heavy atom. The van der Waals surface area contributed by atoms with Gasteiger partial charge in [-0.1, -0.05) is 12.6 Å². The third kappa shape index (κ3) is 5.76. The molecule has 0 saturated heterocycles. The van der Waals surface area contributed by atoms with Gasteiger partial charge < -0.3 is 16.8 Å². The Bertz CT molecular complexity index is 2080. The highest BCUT2D eigenvalue weighted by atomic mass is 19.1. The molecule has 5 N–H and O–H groups in total. The number of nitrogen functional groups attached to an aromatic ring is 1. The molecule has 1 aromatic carbocycles. The van der Waals surface area contributed by atoms with Crippen molar-refractivity contribution in [3.05, 3.63) is 103 Å². The van der Waals surface area contributed by atoms with Crippen LogP contribution >= 0.6 is 0 Å². The number of primary amides is 1. The molecule has 0 fully saturated rings. The lowest BCUT2D eigenvalue weighted by Gasteiger charge is -2.12. The molecule has 6 aromatic rings. The van der Waals surface area contributed by atoms with Gasteiger partial charge in [-0.25, -0.2) is 24.0 Å². The number of nitrogens with one attached hydrogen (secondary N) is 1. The number of nitrogens with two attached hydrogens (primary N) is 2. The molecule has 0 unspecified atom stereocenters. The molecule has 0 saturated carbocycles. The molecule has 45 heavy (non-hydrogen) atoms. The third-order valence-corrected chi connectivity index (χ3v) is 7.21. The van der Waals surface area contributed by atoms with E-state index in [4.69, 9.17) is 21.4 Å². The first-order chi connectivity index (χ1) is 21.7. The molecule has 0 radical (unpaired) electrons. The highest BCUT2D eigenvalue weighted by Gasteiger charge is 2.21. The number of aryl methyl sites for hydroxylation is 3. The van der Waals surface area contributed by atoms with Gasteiger partial charge in [0.2, 0.25) is 0 Å². The van der Waals surface area contributed by atoms with E-state index >= 15 is 0 Å². The zero-order valence-corrected chi connectivity index (χ0v) is 24.2. The van der Waals surface area contributed by atoms with Crippen molar-refractivity contribution in [2.24, 2.45) is 12.8 Å². The predicted molar refractivity (Wildman–Crippen MR) is 166 cm³/mol. The summed E-state index contributed by atoms with van der Waals surface area (Å²) in [6, 6.07) is 16.2. The molecule has 5 aromatic heterocycles. The van der Waals surface area contributed by atoms with E-state index in [-0.39, 0.29) is 11.4 Å². The number of carbonyl (C=O) groups is 2. The number of carbonyl (C=O) groups excluding carboxylic acids is 2. The maximum Gasteiger partial charge on any atom is 0.283 e. The molecule has 1 aliphatic rings. The minimum Gasteiger partial charge on any atom is -0.383 e. The molecule has 14 heteroatoms. The first kappa shape index (κ1) is 28.9. The molecule has 7 rings (SSSR count). The summed E-state index contributed by atoms with van der Waals surface area (Å²) in [5, 5.41) is 10.1. The molecule has 0 bridgehead atoms. The van der Waals surface area contributed by atoms with Crippen LogP contribution < -0.4 is 16.8 Å². The van der Waals surface area contributed by atoms with Gasteiger partial charge in [-0.05, 0) is 72.9 Å². The van der Waals surface area contributed by atoms with Crippen molar-refractivity contribution < 1.29 is 14.0 Å². The lowest BCUT2D eigenvalue weighted by atomic mass is 10.1. The summed E-state index contributed by atoms with van der Waals surface area (Å²) in [6.07, 6.45) is 10.1. The molecule has 226 valence electrons. The van der Waals surface area contributed by atoms with Crippen molar-refractivity contribution >= 4 is 34.5 Å². The number of hydrogen-bond acceptors (Lipinski definition) is 8. The molecule has 0 atom stereocenters.